The van der Waals surface area contributed by atoms with Gasteiger partial charge in [0, 0.05) is 25.2 Å². The van der Waals surface area contributed by atoms with Crippen LogP contribution < -0.4 is 5.32 Å². The van der Waals surface area contributed by atoms with Gasteiger partial charge < -0.3 is 15.0 Å². The second-order valence-corrected chi connectivity index (χ2v) is 8.69. The Morgan fingerprint density at radius 3 is 2.89 bits per heavy atom. The molecule has 2 fully saturated rings. The molecule has 3 atom stereocenters. The van der Waals surface area contributed by atoms with Gasteiger partial charge in [0.2, 0.25) is 0 Å². The highest BCUT2D eigenvalue weighted by molar-refractivity contribution is 7.12. The number of anilines is 1. The monoisotopic (exact) mass is 399 g/mol. The zero-order valence-electron chi connectivity index (χ0n) is 16.2. The lowest BCUT2D eigenvalue weighted by Gasteiger charge is -2.44. The van der Waals surface area contributed by atoms with E-state index in [2.05, 4.69) is 17.2 Å². The molecule has 0 unspecified atom stereocenters. The first-order chi connectivity index (χ1) is 13.5. The van der Waals surface area contributed by atoms with Crippen LogP contribution >= 0.6 is 11.3 Å². The molecule has 2 amide bonds. The summed E-state index contributed by atoms with van der Waals surface area (Å²) in [5.74, 6) is 0.171. The summed E-state index contributed by atoms with van der Waals surface area (Å²) in [4.78, 5) is 32.2. The second kappa shape index (κ2) is 7.64. The van der Waals surface area contributed by atoms with Gasteiger partial charge in [0.25, 0.3) is 11.8 Å². The average molecular weight is 400 g/mol. The molecule has 2 aliphatic heterocycles. The van der Waals surface area contributed by atoms with Crippen molar-refractivity contribution in [3.05, 3.63) is 46.4 Å². The zero-order chi connectivity index (χ0) is 19.7. The summed E-state index contributed by atoms with van der Waals surface area (Å²) in [6.45, 7) is 5.43. The maximum Gasteiger partial charge on any atom is 0.264 e. The normalized spacial score (nSPS) is 27.1. The molecule has 2 aromatic rings. The number of ether oxygens (including phenoxy) is 1. The minimum atomic E-state index is -0.454. The third-order valence-electron chi connectivity index (χ3n) is 5.97. The van der Waals surface area contributed by atoms with Crippen molar-refractivity contribution in [2.45, 2.75) is 44.8 Å². The van der Waals surface area contributed by atoms with Crippen LogP contribution in [-0.4, -0.2) is 46.5 Å². The van der Waals surface area contributed by atoms with E-state index < -0.39 is 6.10 Å². The molecule has 2 aliphatic rings. The Hall–Kier alpha value is -2.25. The number of hydrogen-bond acceptors (Lipinski definition) is 5. The molecular weight excluding hydrogens is 374 g/mol. The van der Waals surface area contributed by atoms with Crippen LogP contribution in [0.25, 0.3) is 0 Å². The Bertz CT molecular complexity index is 869. The SMILES string of the molecule is Cc1ccsc1C(=O)N1CC[C@]2(CC[C@@H](C(=O)Nc3cccnc3)O2)[C@H](C)C1. The third-order valence-corrected chi connectivity index (χ3v) is 6.97. The van der Waals surface area contributed by atoms with Crippen LogP contribution in [0.1, 0.15) is 41.4 Å². The number of nitrogens with zero attached hydrogens (tertiary/aromatic N) is 2. The molecule has 0 aromatic carbocycles. The van der Waals surface area contributed by atoms with Gasteiger partial charge in [0.05, 0.1) is 22.4 Å². The topological polar surface area (TPSA) is 71.5 Å². The molecule has 6 nitrogen and oxygen atoms in total. The fourth-order valence-corrected chi connectivity index (χ4v) is 5.14. The maximum absolute atomic E-state index is 12.8. The van der Waals surface area contributed by atoms with E-state index in [1.54, 1.807) is 18.5 Å². The van der Waals surface area contributed by atoms with Crippen molar-refractivity contribution < 1.29 is 14.3 Å². The van der Waals surface area contributed by atoms with Crippen LogP contribution in [0, 0.1) is 12.8 Å². The molecule has 1 spiro atoms. The first-order valence-electron chi connectivity index (χ1n) is 9.70. The summed E-state index contributed by atoms with van der Waals surface area (Å²) < 4.78 is 6.31. The van der Waals surface area contributed by atoms with Gasteiger partial charge >= 0.3 is 0 Å². The van der Waals surface area contributed by atoms with Gasteiger partial charge in [-0.25, -0.2) is 0 Å². The van der Waals surface area contributed by atoms with E-state index in [0.717, 1.165) is 23.3 Å². The molecule has 0 saturated carbocycles. The predicted octanol–water partition coefficient (Wildman–Crippen LogP) is 3.49. The van der Waals surface area contributed by atoms with Crippen LogP contribution in [0.3, 0.4) is 0 Å². The van der Waals surface area contributed by atoms with Crippen LogP contribution in [-0.2, 0) is 9.53 Å². The van der Waals surface area contributed by atoms with Gasteiger partial charge in [-0.15, -0.1) is 11.3 Å². The lowest BCUT2D eigenvalue weighted by molar-refractivity contribution is -0.141. The summed E-state index contributed by atoms with van der Waals surface area (Å²) in [6, 6.07) is 5.59. The molecule has 2 saturated heterocycles. The molecule has 7 heteroatoms. The number of nitrogens with one attached hydrogen (secondary N) is 1. The summed E-state index contributed by atoms with van der Waals surface area (Å²) >= 11 is 1.50. The minimum absolute atomic E-state index is 0.109. The number of hydrogen-bond donors (Lipinski definition) is 1. The summed E-state index contributed by atoms with van der Waals surface area (Å²) in [5.41, 5.74) is 1.39. The fourth-order valence-electron chi connectivity index (χ4n) is 4.25. The highest BCUT2D eigenvalue weighted by Gasteiger charge is 2.49. The number of likely N-dealkylation sites (tertiary alicyclic amines) is 1. The number of rotatable bonds is 3. The lowest BCUT2D eigenvalue weighted by atomic mass is 9.80. The molecular formula is C21H25N3O3S. The van der Waals surface area contributed by atoms with Crippen molar-refractivity contribution in [2.24, 2.45) is 5.92 Å². The minimum Gasteiger partial charge on any atom is -0.362 e. The Morgan fingerprint density at radius 1 is 1.36 bits per heavy atom. The number of amides is 2. The first-order valence-corrected chi connectivity index (χ1v) is 10.6. The van der Waals surface area contributed by atoms with Crippen LogP contribution in [0.2, 0.25) is 0 Å². The van der Waals surface area contributed by atoms with E-state index in [1.165, 1.54) is 11.3 Å². The van der Waals surface area contributed by atoms with Crippen molar-refractivity contribution in [1.29, 1.82) is 0 Å². The van der Waals surface area contributed by atoms with Crippen molar-refractivity contribution >= 4 is 28.8 Å². The summed E-state index contributed by atoms with van der Waals surface area (Å²) in [7, 11) is 0. The van der Waals surface area contributed by atoms with E-state index in [1.807, 2.05) is 29.3 Å². The van der Waals surface area contributed by atoms with Crippen molar-refractivity contribution in [3.63, 3.8) is 0 Å². The highest BCUT2D eigenvalue weighted by Crippen LogP contribution is 2.43. The fraction of sp³-hybridized carbons (Fsp3) is 0.476. The van der Waals surface area contributed by atoms with Crippen LogP contribution in [0.4, 0.5) is 5.69 Å². The molecule has 0 radical (unpaired) electrons. The Kier molecular flexibility index (Phi) is 5.21. The number of pyridine rings is 1. The van der Waals surface area contributed by atoms with Crippen molar-refractivity contribution in [1.82, 2.24) is 9.88 Å². The summed E-state index contributed by atoms with van der Waals surface area (Å²) in [6.07, 6.45) is 5.16. The molecule has 1 N–H and O–H groups in total. The molecule has 2 aromatic heterocycles. The zero-order valence-corrected chi connectivity index (χ0v) is 17.0. The Labute approximate surface area is 168 Å². The molecule has 148 valence electrons. The van der Waals surface area contributed by atoms with Gasteiger partial charge in [-0.2, -0.15) is 0 Å². The molecule has 0 aliphatic carbocycles. The van der Waals surface area contributed by atoms with Gasteiger partial charge in [-0.1, -0.05) is 6.92 Å². The second-order valence-electron chi connectivity index (χ2n) is 7.78. The Balaban J connectivity index is 1.38. The summed E-state index contributed by atoms with van der Waals surface area (Å²) in [5, 5.41) is 4.84. The Morgan fingerprint density at radius 2 is 2.21 bits per heavy atom. The molecule has 0 bridgehead atoms. The van der Waals surface area contributed by atoms with Crippen LogP contribution in [0.15, 0.2) is 36.0 Å². The van der Waals surface area contributed by atoms with E-state index >= 15 is 0 Å². The smallest absolute Gasteiger partial charge is 0.264 e. The lowest BCUT2D eigenvalue weighted by Crippen LogP contribution is -2.52. The predicted molar refractivity (Wildman–Crippen MR) is 108 cm³/mol. The third kappa shape index (κ3) is 3.56. The van der Waals surface area contributed by atoms with E-state index in [4.69, 9.17) is 4.74 Å². The molecule has 4 rings (SSSR count). The van der Waals surface area contributed by atoms with Crippen molar-refractivity contribution in [3.8, 4) is 0 Å². The van der Waals surface area contributed by atoms with Crippen molar-refractivity contribution in [2.75, 3.05) is 18.4 Å². The number of thiophene rings is 1. The number of carbonyl (C=O) groups excluding carboxylic acids is 2. The van der Waals surface area contributed by atoms with E-state index in [-0.39, 0.29) is 23.3 Å². The number of aryl methyl sites for hydroxylation is 1. The van der Waals surface area contributed by atoms with Gasteiger partial charge in [-0.3, -0.25) is 14.6 Å². The van der Waals surface area contributed by atoms with Gasteiger partial charge in [0.15, 0.2) is 0 Å². The van der Waals surface area contributed by atoms with Gasteiger partial charge in [-0.05, 0) is 55.3 Å². The van der Waals surface area contributed by atoms with E-state index in [9.17, 15) is 9.59 Å². The molecule has 28 heavy (non-hydrogen) atoms. The number of carbonyl (C=O) groups is 2. The number of piperidine rings is 1. The molecule has 4 heterocycles. The largest absolute Gasteiger partial charge is 0.362 e. The van der Waals surface area contributed by atoms with Crippen LogP contribution in [0.5, 0.6) is 0 Å². The van der Waals surface area contributed by atoms with E-state index in [0.29, 0.717) is 25.2 Å². The van der Waals surface area contributed by atoms with Gasteiger partial charge in [0.1, 0.15) is 6.10 Å². The number of aromatic nitrogens is 1. The highest BCUT2D eigenvalue weighted by atomic mass is 32.1. The first kappa shape index (κ1) is 19.1. The standard InChI is InChI=1S/C21H25N3O3S/c1-14-6-11-28-18(14)20(26)24-10-8-21(15(2)13-24)7-5-17(27-21)19(25)23-16-4-3-9-22-12-16/h3-4,6,9,11-12,15,17H,5,7-8,10,13H2,1-2H3,(H,23,25)/t15-,17+,21-/m1/s1. The quantitative estimate of drug-likeness (QED) is 0.858. The maximum atomic E-state index is 12.8. The average Bonchev–Trinajstić information content (AvgIpc) is 3.32.